The molecule has 4 heteroatoms. The second-order valence-electron chi connectivity index (χ2n) is 4.15. The lowest BCUT2D eigenvalue weighted by molar-refractivity contribution is -0.150. The summed E-state index contributed by atoms with van der Waals surface area (Å²) in [5, 5.41) is 0. The molecular weight excluding hydrogens is 284 g/mol. The summed E-state index contributed by atoms with van der Waals surface area (Å²) in [6.45, 7) is 5.14. The summed E-state index contributed by atoms with van der Waals surface area (Å²) >= 11 is 3.30. The van der Waals surface area contributed by atoms with Gasteiger partial charge in [0.05, 0.1) is 6.61 Å². The normalized spacial score (nSPS) is 11.1. The molecule has 0 aliphatic carbocycles. The SMILES string of the molecule is CCOC(=O)C(C)(C)C(=O)c1ccccc1Br. The monoisotopic (exact) mass is 298 g/mol. The fraction of sp³-hybridized carbons (Fsp3) is 0.385. The summed E-state index contributed by atoms with van der Waals surface area (Å²) in [6.07, 6.45) is 0. The number of hydrogen-bond donors (Lipinski definition) is 0. The Labute approximate surface area is 109 Å². The van der Waals surface area contributed by atoms with Crippen molar-refractivity contribution in [3.8, 4) is 0 Å². The number of rotatable bonds is 4. The van der Waals surface area contributed by atoms with Crippen LogP contribution in [0.2, 0.25) is 0 Å². The van der Waals surface area contributed by atoms with E-state index in [9.17, 15) is 9.59 Å². The zero-order valence-corrected chi connectivity index (χ0v) is 11.7. The zero-order valence-electron chi connectivity index (χ0n) is 10.1. The Morgan fingerprint density at radius 2 is 1.88 bits per heavy atom. The van der Waals surface area contributed by atoms with Crippen molar-refractivity contribution >= 4 is 27.7 Å². The minimum atomic E-state index is -1.17. The van der Waals surface area contributed by atoms with Crippen molar-refractivity contribution in [2.24, 2.45) is 5.41 Å². The molecule has 0 aliphatic heterocycles. The van der Waals surface area contributed by atoms with E-state index in [1.54, 1.807) is 39.0 Å². The molecule has 0 unspecified atom stereocenters. The van der Waals surface area contributed by atoms with Gasteiger partial charge in [-0.2, -0.15) is 0 Å². The number of esters is 1. The van der Waals surface area contributed by atoms with Crippen LogP contribution >= 0.6 is 15.9 Å². The number of ketones is 1. The van der Waals surface area contributed by atoms with E-state index in [1.165, 1.54) is 0 Å². The quantitative estimate of drug-likeness (QED) is 0.487. The van der Waals surface area contributed by atoms with Gasteiger partial charge in [0.1, 0.15) is 5.41 Å². The summed E-state index contributed by atoms with van der Waals surface area (Å²) in [5.74, 6) is -0.746. The van der Waals surface area contributed by atoms with Crippen LogP contribution in [0.3, 0.4) is 0 Å². The lowest BCUT2D eigenvalue weighted by Crippen LogP contribution is -2.35. The number of Topliss-reactive ketones (excluding diaryl/α,β-unsaturated/α-hetero) is 1. The molecule has 0 spiro atoms. The van der Waals surface area contributed by atoms with Crippen LogP contribution in [0.25, 0.3) is 0 Å². The number of carbonyl (C=O) groups is 2. The maximum absolute atomic E-state index is 12.3. The molecule has 0 amide bonds. The van der Waals surface area contributed by atoms with Crippen LogP contribution in [-0.2, 0) is 9.53 Å². The van der Waals surface area contributed by atoms with E-state index in [-0.39, 0.29) is 12.4 Å². The van der Waals surface area contributed by atoms with E-state index in [4.69, 9.17) is 4.74 Å². The molecule has 0 bridgehead atoms. The average Bonchev–Trinajstić information content (AvgIpc) is 2.29. The topological polar surface area (TPSA) is 43.4 Å². The fourth-order valence-corrected chi connectivity index (χ4v) is 1.85. The van der Waals surface area contributed by atoms with Gasteiger partial charge in [-0.05, 0) is 26.8 Å². The van der Waals surface area contributed by atoms with E-state index in [2.05, 4.69) is 15.9 Å². The van der Waals surface area contributed by atoms with Crippen LogP contribution in [0, 0.1) is 5.41 Å². The molecule has 1 rings (SSSR count). The molecule has 0 fully saturated rings. The number of ether oxygens (including phenoxy) is 1. The van der Waals surface area contributed by atoms with Crippen molar-refractivity contribution in [3.63, 3.8) is 0 Å². The number of carbonyl (C=O) groups excluding carboxylic acids is 2. The second kappa shape index (κ2) is 5.45. The third kappa shape index (κ3) is 2.94. The summed E-state index contributed by atoms with van der Waals surface area (Å²) in [5.41, 5.74) is -0.676. The molecule has 17 heavy (non-hydrogen) atoms. The van der Waals surface area contributed by atoms with Crippen molar-refractivity contribution < 1.29 is 14.3 Å². The predicted octanol–water partition coefficient (Wildman–Crippen LogP) is 3.22. The van der Waals surface area contributed by atoms with Gasteiger partial charge in [-0.25, -0.2) is 0 Å². The van der Waals surface area contributed by atoms with E-state index in [0.29, 0.717) is 10.0 Å². The van der Waals surface area contributed by atoms with Crippen LogP contribution in [-0.4, -0.2) is 18.4 Å². The predicted molar refractivity (Wildman–Crippen MR) is 68.9 cm³/mol. The highest BCUT2D eigenvalue weighted by molar-refractivity contribution is 9.10. The number of hydrogen-bond acceptors (Lipinski definition) is 3. The Kier molecular flexibility index (Phi) is 4.46. The highest BCUT2D eigenvalue weighted by Crippen LogP contribution is 2.27. The minimum absolute atomic E-state index is 0.247. The van der Waals surface area contributed by atoms with E-state index in [0.717, 1.165) is 0 Å². The Bertz CT molecular complexity index is 438. The van der Waals surface area contributed by atoms with Gasteiger partial charge in [-0.1, -0.05) is 34.1 Å². The van der Waals surface area contributed by atoms with Gasteiger partial charge < -0.3 is 4.74 Å². The maximum atomic E-state index is 12.3. The summed E-state index contributed by atoms with van der Waals surface area (Å²) < 4.78 is 5.60. The highest BCUT2D eigenvalue weighted by Gasteiger charge is 2.38. The first-order valence-electron chi connectivity index (χ1n) is 5.37. The highest BCUT2D eigenvalue weighted by atomic mass is 79.9. The first-order valence-corrected chi connectivity index (χ1v) is 6.17. The van der Waals surface area contributed by atoms with Gasteiger partial charge in [0.15, 0.2) is 5.78 Å². The second-order valence-corrected chi connectivity index (χ2v) is 5.01. The Morgan fingerprint density at radius 3 is 2.41 bits per heavy atom. The minimum Gasteiger partial charge on any atom is -0.465 e. The molecule has 0 radical (unpaired) electrons. The van der Waals surface area contributed by atoms with Crippen molar-refractivity contribution in [2.75, 3.05) is 6.61 Å². The molecule has 1 aromatic rings. The van der Waals surface area contributed by atoms with Gasteiger partial charge in [-0.3, -0.25) is 9.59 Å². The van der Waals surface area contributed by atoms with E-state index in [1.807, 2.05) is 6.07 Å². The van der Waals surface area contributed by atoms with E-state index < -0.39 is 11.4 Å². The summed E-state index contributed by atoms with van der Waals surface area (Å²) in [6, 6.07) is 7.04. The first kappa shape index (κ1) is 13.9. The third-order valence-corrected chi connectivity index (χ3v) is 3.16. The largest absolute Gasteiger partial charge is 0.465 e. The molecule has 0 saturated carbocycles. The summed E-state index contributed by atoms with van der Waals surface area (Å²) in [4.78, 5) is 24.0. The van der Waals surface area contributed by atoms with Gasteiger partial charge >= 0.3 is 5.97 Å². The van der Waals surface area contributed by atoms with Crippen molar-refractivity contribution in [2.45, 2.75) is 20.8 Å². The molecule has 0 heterocycles. The van der Waals surface area contributed by atoms with Crippen LogP contribution in [0.1, 0.15) is 31.1 Å². The zero-order chi connectivity index (χ0) is 13.1. The lowest BCUT2D eigenvalue weighted by Gasteiger charge is -2.21. The molecule has 3 nitrogen and oxygen atoms in total. The fourth-order valence-electron chi connectivity index (χ4n) is 1.39. The molecule has 0 atom stereocenters. The molecule has 1 aromatic carbocycles. The van der Waals surface area contributed by atoms with Gasteiger partial charge in [0, 0.05) is 10.0 Å². The molecule has 0 N–H and O–H groups in total. The van der Waals surface area contributed by atoms with Crippen LogP contribution in [0.4, 0.5) is 0 Å². The summed E-state index contributed by atoms with van der Waals surface area (Å²) in [7, 11) is 0. The lowest BCUT2D eigenvalue weighted by atomic mass is 9.84. The molecule has 0 aromatic heterocycles. The van der Waals surface area contributed by atoms with Crippen molar-refractivity contribution in [1.82, 2.24) is 0 Å². The number of halogens is 1. The average molecular weight is 299 g/mol. The Morgan fingerprint density at radius 1 is 1.29 bits per heavy atom. The molecule has 0 aliphatic rings. The van der Waals surface area contributed by atoms with Crippen molar-refractivity contribution in [1.29, 1.82) is 0 Å². The Hall–Kier alpha value is -1.16. The van der Waals surface area contributed by atoms with Gasteiger partial charge in [-0.15, -0.1) is 0 Å². The van der Waals surface area contributed by atoms with Crippen molar-refractivity contribution in [3.05, 3.63) is 34.3 Å². The number of benzene rings is 1. The van der Waals surface area contributed by atoms with E-state index >= 15 is 0 Å². The van der Waals surface area contributed by atoms with Crippen LogP contribution in [0.15, 0.2) is 28.7 Å². The Balaban J connectivity index is 3.05. The molecular formula is C13H15BrO3. The standard InChI is InChI=1S/C13H15BrO3/c1-4-17-12(16)13(2,3)11(15)9-7-5-6-8-10(9)14/h5-8H,4H2,1-3H3. The first-order chi connectivity index (χ1) is 7.91. The van der Waals surface area contributed by atoms with Crippen LogP contribution < -0.4 is 0 Å². The third-order valence-electron chi connectivity index (χ3n) is 2.47. The molecule has 0 saturated heterocycles. The van der Waals surface area contributed by atoms with Gasteiger partial charge in [0.25, 0.3) is 0 Å². The van der Waals surface area contributed by atoms with Crippen LogP contribution in [0.5, 0.6) is 0 Å². The molecule has 92 valence electrons. The maximum Gasteiger partial charge on any atom is 0.319 e. The smallest absolute Gasteiger partial charge is 0.319 e. The van der Waals surface area contributed by atoms with Gasteiger partial charge in [0.2, 0.25) is 0 Å².